The Morgan fingerprint density at radius 3 is 1.96 bits per heavy atom. The Balaban J connectivity index is 2.98. The standard InChI is InChI=1S/C15H30O10/c1-15(2,3)13(23)11(22)12(6(18)4-16)25-14-10(21)9(20)8(19)7(5-17)24-14/h6-14,16-23H,4-5H2,1-3H3/t6-,7?,8+,9+,10?,11+,12-,13-,14+/m1/s1. The van der Waals surface area contributed by atoms with E-state index in [0.29, 0.717) is 0 Å². The van der Waals surface area contributed by atoms with Gasteiger partial charge in [-0.2, -0.15) is 0 Å². The SMILES string of the molecule is CC(C)(C)[C@H](O)[C@@H](O)[C@H](O[C@@H]1OC(CO)[C@H](O)[C@H](O)C1O)[C@H](O)CO. The average Bonchev–Trinajstić information content (AvgIpc) is 2.56. The molecule has 0 radical (unpaired) electrons. The Morgan fingerprint density at radius 2 is 1.52 bits per heavy atom. The third-order valence-electron chi connectivity index (χ3n) is 4.25. The summed E-state index contributed by atoms with van der Waals surface area (Å²) in [6.45, 7) is 3.42. The molecule has 10 nitrogen and oxygen atoms in total. The zero-order valence-corrected chi connectivity index (χ0v) is 14.5. The maximum absolute atomic E-state index is 10.3. The zero-order chi connectivity index (χ0) is 19.5. The molecule has 1 heterocycles. The lowest BCUT2D eigenvalue weighted by molar-refractivity contribution is -0.328. The van der Waals surface area contributed by atoms with Gasteiger partial charge in [-0.3, -0.25) is 0 Å². The fourth-order valence-corrected chi connectivity index (χ4v) is 2.53. The van der Waals surface area contributed by atoms with Crippen LogP contribution in [0.2, 0.25) is 0 Å². The summed E-state index contributed by atoms with van der Waals surface area (Å²) in [6, 6.07) is 0. The van der Waals surface area contributed by atoms with Gasteiger partial charge < -0.3 is 50.3 Å². The van der Waals surface area contributed by atoms with Crippen molar-refractivity contribution >= 4 is 0 Å². The predicted octanol–water partition coefficient (Wildman–Crippen LogP) is -3.71. The van der Waals surface area contributed by atoms with Crippen molar-refractivity contribution in [2.45, 2.75) is 75.9 Å². The number of ether oxygens (including phenoxy) is 2. The fourth-order valence-electron chi connectivity index (χ4n) is 2.53. The Hall–Kier alpha value is -0.400. The predicted molar refractivity (Wildman–Crippen MR) is 83.2 cm³/mol. The van der Waals surface area contributed by atoms with Crippen molar-refractivity contribution in [2.24, 2.45) is 5.41 Å². The Morgan fingerprint density at radius 1 is 0.960 bits per heavy atom. The van der Waals surface area contributed by atoms with Gasteiger partial charge in [-0.1, -0.05) is 20.8 Å². The molecule has 1 rings (SSSR count). The van der Waals surface area contributed by atoms with Gasteiger partial charge in [0.2, 0.25) is 0 Å². The van der Waals surface area contributed by atoms with Crippen LogP contribution in [0.5, 0.6) is 0 Å². The zero-order valence-electron chi connectivity index (χ0n) is 14.5. The molecule has 150 valence electrons. The van der Waals surface area contributed by atoms with E-state index in [1.165, 1.54) is 0 Å². The first-order valence-corrected chi connectivity index (χ1v) is 8.06. The molecule has 0 aromatic heterocycles. The van der Waals surface area contributed by atoms with E-state index in [4.69, 9.17) is 14.6 Å². The molecule has 10 heteroatoms. The Kier molecular flexibility index (Phi) is 8.15. The largest absolute Gasteiger partial charge is 0.394 e. The van der Waals surface area contributed by atoms with E-state index < -0.39 is 73.8 Å². The topological polar surface area (TPSA) is 180 Å². The van der Waals surface area contributed by atoms with E-state index in [0.717, 1.165) is 0 Å². The van der Waals surface area contributed by atoms with Crippen LogP contribution in [0.3, 0.4) is 0 Å². The molecule has 1 saturated heterocycles. The van der Waals surface area contributed by atoms with Crippen LogP contribution in [0.15, 0.2) is 0 Å². The molecule has 0 amide bonds. The maximum atomic E-state index is 10.3. The van der Waals surface area contributed by atoms with Crippen LogP contribution in [0.1, 0.15) is 20.8 Å². The number of hydrogen-bond acceptors (Lipinski definition) is 10. The van der Waals surface area contributed by atoms with Gasteiger partial charge in [-0.25, -0.2) is 0 Å². The van der Waals surface area contributed by atoms with Crippen molar-refractivity contribution in [1.82, 2.24) is 0 Å². The highest BCUT2D eigenvalue weighted by atomic mass is 16.7. The number of aliphatic hydroxyl groups excluding tert-OH is 8. The second-order valence-electron chi connectivity index (χ2n) is 7.35. The monoisotopic (exact) mass is 370 g/mol. The summed E-state index contributed by atoms with van der Waals surface area (Å²) in [5.74, 6) is 0. The van der Waals surface area contributed by atoms with Gasteiger partial charge in [-0.05, 0) is 5.41 Å². The van der Waals surface area contributed by atoms with Crippen molar-refractivity contribution < 1.29 is 50.3 Å². The molecule has 25 heavy (non-hydrogen) atoms. The van der Waals surface area contributed by atoms with Gasteiger partial charge in [0.25, 0.3) is 0 Å². The highest BCUT2D eigenvalue weighted by Gasteiger charge is 2.47. The van der Waals surface area contributed by atoms with Crippen molar-refractivity contribution in [3.05, 3.63) is 0 Å². The lowest BCUT2D eigenvalue weighted by atomic mass is 9.83. The molecule has 1 fully saturated rings. The van der Waals surface area contributed by atoms with E-state index in [-0.39, 0.29) is 0 Å². The van der Waals surface area contributed by atoms with Crippen molar-refractivity contribution in [2.75, 3.05) is 13.2 Å². The lowest BCUT2D eigenvalue weighted by Gasteiger charge is -2.43. The van der Waals surface area contributed by atoms with Gasteiger partial charge >= 0.3 is 0 Å². The molecule has 0 aromatic rings. The smallest absolute Gasteiger partial charge is 0.187 e. The highest BCUT2D eigenvalue weighted by Crippen LogP contribution is 2.28. The second-order valence-corrected chi connectivity index (χ2v) is 7.35. The van der Waals surface area contributed by atoms with Crippen LogP contribution >= 0.6 is 0 Å². The highest BCUT2D eigenvalue weighted by molar-refractivity contribution is 4.92. The minimum atomic E-state index is -1.75. The second kappa shape index (κ2) is 9.00. The number of aliphatic hydroxyl groups is 8. The molecular weight excluding hydrogens is 340 g/mol. The van der Waals surface area contributed by atoms with E-state index in [1.807, 2.05) is 0 Å². The van der Waals surface area contributed by atoms with E-state index in [2.05, 4.69) is 0 Å². The van der Waals surface area contributed by atoms with Gasteiger partial charge in [-0.15, -0.1) is 0 Å². The molecule has 0 saturated carbocycles. The average molecular weight is 370 g/mol. The van der Waals surface area contributed by atoms with Crippen LogP contribution < -0.4 is 0 Å². The summed E-state index contributed by atoms with van der Waals surface area (Å²) < 4.78 is 10.5. The fraction of sp³-hybridized carbons (Fsp3) is 1.00. The van der Waals surface area contributed by atoms with Gasteiger partial charge in [0, 0.05) is 0 Å². The van der Waals surface area contributed by atoms with Crippen LogP contribution in [0.4, 0.5) is 0 Å². The summed E-state index contributed by atoms with van der Waals surface area (Å²) in [5.41, 5.74) is -0.786. The summed E-state index contributed by atoms with van der Waals surface area (Å²) in [6.07, 6.45) is -14.1. The maximum Gasteiger partial charge on any atom is 0.187 e. The van der Waals surface area contributed by atoms with Crippen LogP contribution in [-0.2, 0) is 9.47 Å². The van der Waals surface area contributed by atoms with Crippen LogP contribution in [-0.4, -0.2) is 109 Å². The van der Waals surface area contributed by atoms with Gasteiger partial charge in [0.1, 0.15) is 42.7 Å². The summed E-state index contributed by atoms with van der Waals surface area (Å²) in [5, 5.41) is 78.3. The summed E-state index contributed by atoms with van der Waals surface area (Å²) in [7, 11) is 0. The molecule has 2 unspecified atom stereocenters. The third kappa shape index (κ3) is 5.30. The molecule has 0 aliphatic carbocycles. The first-order chi connectivity index (χ1) is 11.4. The molecule has 0 bridgehead atoms. The molecule has 1 aliphatic rings. The van der Waals surface area contributed by atoms with Crippen molar-refractivity contribution in [3.8, 4) is 0 Å². The van der Waals surface area contributed by atoms with Gasteiger partial charge in [0.05, 0.1) is 19.3 Å². The molecule has 8 N–H and O–H groups in total. The third-order valence-corrected chi connectivity index (χ3v) is 4.25. The normalized spacial score (nSPS) is 35.9. The lowest BCUT2D eigenvalue weighted by Crippen LogP contribution is -2.62. The van der Waals surface area contributed by atoms with Gasteiger partial charge in [0.15, 0.2) is 6.29 Å². The summed E-state index contributed by atoms with van der Waals surface area (Å²) in [4.78, 5) is 0. The molecular formula is C15H30O10. The van der Waals surface area contributed by atoms with E-state index in [1.54, 1.807) is 20.8 Å². The number of hydrogen-bond donors (Lipinski definition) is 8. The molecule has 0 spiro atoms. The first kappa shape index (κ1) is 22.6. The Labute approximate surface area is 145 Å². The molecule has 9 atom stereocenters. The van der Waals surface area contributed by atoms with E-state index >= 15 is 0 Å². The van der Waals surface area contributed by atoms with Crippen molar-refractivity contribution in [3.63, 3.8) is 0 Å². The molecule has 1 aliphatic heterocycles. The Bertz CT molecular complexity index is 398. The minimum Gasteiger partial charge on any atom is -0.394 e. The quantitative estimate of drug-likeness (QED) is 0.222. The first-order valence-electron chi connectivity index (χ1n) is 8.06. The summed E-state index contributed by atoms with van der Waals surface area (Å²) >= 11 is 0. The van der Waals surface area contributed by atoms with E-state index in [9.17, 15) is 35.7 Å². The van der Waals surface area contributed by atoms with Crippen molar-refractivity contribution in [1.29, 1.82) is 0 Å². The van der Waals surface area contributed by atoms with Crippen LogP contribution in [0.25, 0.3) is 0 Å². The number of rotatable bonds is 7. The van der Waals surface area contributed by atoms with Crippen LogP contribution in [0, 0.1) is 5.41 Å². The minimum absolute atomic E-state index is 0.675. The molecule has 0 aromatic carbocycles.